The van der Waals surface area contributed by atoms with Gasteiger partial charge < -0.3 is 35.3 Å². The smallest absolute Gasteiger partial charge is 0.257 e. The number of anilines is 1. The van der Waals surface area contributed by atoms with Crippen LogP contribution in [0.2, 0.25) is 5.02 Å². The molecule has 0 aliphatic carbocycles. The average Bonchev–Trinajstić information content (AvgIpc) is 3.61. The normalized spacial score (nSPS) is 21.9. The standard InChI is InChI=1S/C26H32ClN11O6/c1-29-25(41)22-19(35-36-28)21(40)26(44-22)38-14-34-20-23(32-13-33-24(20)38)31-11-15-10-16(27)2-3-17(15)43-12-18(39)30-4-5-37-6-8-42-9-7-37/h2-3,10,13-14,19,21-22,26,40H,4-9,11-12H2,1H3,(H,29,41)(H,30,39)(H,31,32,33)/t19-,21+,22-,26+/m0/s1. The average molecular weight is 630 g/mol. The van der Waals surface area contributed by atoms with Crippen molar-refractivity contribution in [2.45, 2.75) is 31.0 Å². The van der Waals surface area contributed by atoms with Gasteiger partial charge in [0, 0.05) is 55.3 Å². The maximum Gasteiger partial charge on any atom is 0.257 e. The number of morpholine rings is 1. The van der Waals surface area contributed by atoms with Crippen molar-refractivity contribution in [3.63, 3.8) is 0 Å². The number of imidazole rings is 1. The lowest BCUT2D eigenvalue weighted by molar-refractivity contribution is -0.134. The van der Waals surface area contributed by atoms with Crippen molar-refractivity contribution in [1.29, 1.82) is 0 Å². The Labute approximate surface area is 256 Å². The molecule has 4 N–H and O–H groups in total. The number of carbonyl (C=O) groups is 2. The summed E-state index contributed by atoms with van der Waals surface area (Å²) >= 11 is 6.25. The maximum atomic E-state index is 12.4. The summed E-state index contributed by atoms with van der Waals surface area (Å²) in [6, 6.07) is 3.92. The summed E-state index contributed by atoms with van der Waals surface area (Å²) in [5.41, 5.74) is 10.3. The van der Waals surface area contributed by atoms with Gasteiger partial charge in [0.25, 0.3) is 5.91 Å². The number of fused-ring (bicyclic) bond motifs is 1. The number of aliphatic hydroxyl groups excluding tert-OH is 1. The van der Waals surface area contributed by atoms with E-state index >= 15 is 0 Å². The van der Waals surface area contributed by atoms with Gasteiger partial charge in [-0.15, -0.1) is 0 Å². The highest BCUT2D eigenvalue weighted by molar-refractivity contribution is 6.30. The van der Waals surface area contributed by atoms with Gasteiger partial charge >= 0.3 is 0 Å². The number of ether oxygens (including phenoxy) is 3. The van der Waals surface area contributed by atoms with Gasteiger partial charge in [-0.3, -0.25) is 19.1 Å². The Balaban J connectivity index is 1.24. The zero-order chi connectivity index (χ0) is 31.1. The molecule has 2 aromatic heterocycles. The van der Waals surface area contributed by atoms with Crippen LogP contribution in [0.15, 0.2) is 36.0 Å². The monoisotopic (exact) mass is 629 g/mol. The molecule has 234 valence electrons. The fourth-order valence-electron chi connectivity index (χ4n) is 4.98. The van der Waals surface area contributed by atoms with Crippen LogP contribution in [-0.4, -0.2) is 113 Å². The second kappa shape index (κ2) is 14.5. The Bertz CT molecular complexity index is 1530. The molecule has 2 fully saturated rings. The van der Waals surface area contributed by atoms with Crippen molar-refractivity contribution in [2.24, 2.45) is 5.11 Å². The van der Waals surface area contributed by atoms with E-state index in [1.54, 1.807) is 18.2 Å². The largest absolute Gasteiger partial charge is 0.483 e. The van der Waals surface area contributed by atoms with E-state index in [0.717, 1.165) is 19.6 Å². The summed E-state index contributed by atoms with van der Waals surface area (Å²) in [5.74, 6) is 0.0403. The number of aromatic nitrogens is 4. The fourth-order valence-corrected chi connectivity index (χ4v) is 5.18. The maximum absolute atomic E-state index is 12.4. The van der Waals surface area contributed by atoms with Gasteiger partial charge in [0.1, 0.15) is 30.3 Å². The first kappa shape index (κ1) is 31.2. The number of nitrogens with one attached hydrogen (secondary N) is 3. The van der Waals surface area contributed by atoms with Crippen molar-refractivity contribution in [3.05, 3.63) is 51.9 Å². The topological polar surface area (TPSA) is 214 Å². The van der Waals surface area contributed by atoms with E-state index < -0.39 is 30.4 Å². The van der Waals surface area contributed by atoms with E-state index in [2.05, 4.69) is 45.8 Å². The number of aliphatic hydroxyl groups is 1. The van der Waals surface area contributed by atoms with Gasteiger partial charge in [0.05, 0.1) is 19.5 Å². The molecule has 0 unspecified atom stereocenters. The number of benzene rings is 1. The third kappa shape index (κ3) is 7.10. The Kier molecular flexibility index (Phi) is 10.3. The molecule has 4 heterocycles. The summed E-state index contributed by atoms with van der Waals surface area (Å²) in [5, 5.41) is 23.4. The number of amides is 2. The number of likely N-dealkylation sites (N-methyl/N-ethyl adjacent to an activating group) is 1. The lowest BCUT2D eigenvalue weighted by Crippen LogP contribution is -2.42. The second-order valence-corrected chi connectivity index (χ2v) is 10.4. The highest BCUT2D eigenvalue weighted by Gasteiger charge is 2.48. The lowest BCUT2D eigenvalue weighted by atomic mass is 10.1. The number of hydrogen-bond donors (Lipinski definition) is 4. The summed E-state index contributed by atoms with van der Waals surface area (Å²) < 4.78 is 18.4. The van der Waals surface area contributed by atoms with Gasteiger partial charge in [-0.2, -0.15) is 0 Å². The molecular formula is C26H32ClN11O6. The zero-order valence-corrected chi connectivity index (χ0v) is 24.6. The number of rotatable bonds is 12. The molecule has 3 aromatic rings. The third-order valence-corrected chi connectivity index (χ3v) is 7.48. The number of nitrogens with zero attached hydrogens (tertiary/aromatic N) is 8. The SMILES string of the molecule is CNC(=O)[C@H]1O[C@@H](n2cnc3c(NCc4cc(Cl)ccc4OCC(=O)NCCN4CCOCC4)ncnc32)[C@H](O)[C@@H]1N=[N+]=[N-]. The quantitative estimate of drug-likeness (QED) is 0.124. The van der Waals surface area contributed by atoms with Gasteiger partial charge in [0.2, 0.25) is 5.91 Å². The van der Waals surface area contributed by atoms with Crippen LogP contribution in [0.4, 0.5) is 5.82 Å². The summed E-state index contributed by atoms with van der Waals surface area (Å²) in [6.45, 7) is 4.38. The van der Waals surface area contributed by atoms with E-state index in [-0.39, 0.29) is 19.1 Å². The zero-order valence-electron chi connectivity index (χ0n) is 23.8. The molecule has 1 aromatic carbocycles. The number of halogens is 1. The molecule has 17 nitrogen and oxygen atoms in total. The number of azide groups is 1. The first-order valence-electron chi connectivity index (χ1n) is 13.9. The van der Waals surface area contributed by atoms with Crippen LogP contribution in [0.25, 0.3) is 21.6 Å². The highest BCUT2D eigenvalue weighted by atomic mass is 35.5. The molecule has 2 aliphatic rings. The van der Waals surface area contributed by atoms with E-state index in [9.17, 15) is 14.7 Å². The number of carbonyl (C=O) groups excluding carboxylic acids is 2. The van der Waals surface area contributed by atoms with Gasteiger partial charge in [-0.1, -0.05) is 16.7 Å². The molecule has 0 radical (unpaired) electrons. The van der Waals surface area contributed by atoms with Crippen LogP contribution in [-0.2, 0) is 25.6 Å². The molecule has 2 amide bonds. The first-order chi connectivity index (χ1) is 21.4. The van der Waals surface area contributed by atoms with Crippen molar-refractivity contribution in [3.8, 4) is 5.75 Å². The highest BCUT2D eigenvalue weighted by Crippen LogP contribution is 2.34. The Morgan fingerprint density at radius 3 is 2.86 bits per heavy atom. The van der Waals surface area contributed by atoms with Crippen LogP contribution >= 0.6 is 11.6 Å². The van der Waals surface area contributed by atoms with Gasteiger partial charge in [-0.25, -0.2) is 15.0 Å². The minimum Gasteiger partial charge on any atom is -0.483 e. The van der Waals surface area contributed by atoms with Gasteiger partial charge in [0.15, 0.2) is 29.8 Å². The number of hydrogen-bond acceptors (Lipinski definition) is 12. The van der Waals surface area contributed by atoms with Crippen LogP contribution in [0.1, 0.15) is 11.8 Å². The fraction of sp³-hybridized carbons (Fsp3) is 0.500. The molecule has 0 spiro atoms. The molecule has 0 bridgehead atoms. The van der Waals surface area contributed by atoms with Crippen LogP contribution in [0.3, 0.4) is 0 Å². The lowest BCUT2D eigenvalue weighted by Gasteiger charge is -2.26. The van der Waals surface area contributed by atoms with Gasteiger partial charge in [-0.05, 0) is 23.7 Å². The minimum absolute atomic E-state index is 0.169. The first-order valence-corrected chi connectivity index (χ1v) is 14.3. The van der Waals surface area contributed by atoms with Crippen molar-refractivity contribution < 1.29 is 28.9 Å². The predicted octanol–water partition coefficient (Wildman–Crippen LogP) is 0.602. The minimum atomic E-state index is -1.35. The summed E-state index contributed by atoms with van der Waals surface area (Å²) in [6.07, 6.45) is -0.958. The predicted molar refractivity (Wildman–Crippen MR) is 157 cm³/mol. The third-order valence-electron chi connectivity index (χ3n) is 7.24. The van der Waals surface area contributed by atoms with Crippen LogP contribution in [0.5, 0.6) is 5.75 Å². The molecule has 4 atom stereocenters. The van der Waals surface area contributed by atoms with E-state index in [0.29, 0.717) is 53.1 Å². The van der Waals surface area contributed by atoms with E-state index in [1.807, 2.05) is 0 Å². The summed E-state index contributed by atoms with van der Waals surface area (Å²) in [4.78, 5) is 42.7. The van der Waals surface area contributed by atoms with Crippen molar-refractivity contribution in [1.82, 2.24) is 35.1 Å². The summed E-state index contributed by atoms with van der Waals surface area (Å²) in [7, 11) is 1.41. The molecule has 2 saturated heterocycles. The Morgan fingerprint density at radius 2 is 2.09 bits per heavy atom. The second-order valence-electron chi connectivity index (χ2n) is 9.99. The van der Waals surface area contributed by atoms with E-state index in [4.69, 9.17) is 31.3 Å². The van der Waals surface area contributed by atoms with Crippen molar-refractivity contribution >= 4 is 40.4 Å². The van der Waals surface area contributed by atoms with E-state index in [1.165, 1.54) is 24.3 Å². The Morgan fingerprint density at radius 1 is 1.27 bits per heavy atom. The molecule has 18 heteroatoms. The molecule has 0 saturated carbocycles. The van der Waals surface area contributed by atoms with Crippen LogP contribution in [0, 0.1) is 0 Å². The molecule has 2 aliphatic heterocycles. The molecule has 5 rings (SSSR count). The molecular weight excluding hydrogens is 598 g/mol. The Hall–Kier alpha value is -4.25. The molecule has 44 heavy (non-hydrogen) atoms. The van der Waals surface area contributed by atoms with Crippen molar-refractivity contribution in [2.75, 3.05) is 58.4 Å². The van der Waals surface area contributed by atoms with Crippen LogP contribution < -0.4 is 20.7 Å².